The fourth-order valence-corrected chi connectivity index (χ4v) is 2.90. The van der Waals surface area contributed by atoms with E-state index in [4.69, 9.17) is 10.8 Å². The van der Waals surface area contributed by atoms with Crippen LogP contribution in [0.4, 0.5) is 5.95 Å². The minimum Gasteiger partial charge on any atom is -0.396 e. The van der Waals surface area contributed by atoms with Gasteiger partial charge in [0.15, 0.2) is 5.65 Å². The number of aromatic nitrogens is 4. The van der Waals surface area contributed by atoms with E-state index in [1.54, 1.807) is 18.1 Å². The molecule has 7 heteroatoms. The first-order valence-electron chi connectivity index (χ1n) is 6.56. The zero-order valence-electron chi connectivity index (χ0n) is 11.4. The van der Waals surface area contributed by atoms with E-state index in [0.717, 1.165) is 22.6 Å². The third kappa shape index (κ3) is 2.51. The number of thioether (sulfide) groups is 1. The Labute approximate surface area is 121 Å². The van der Waals surface area contributed by atoms with Crippen LogP contribution in [0.2, 0.25) is 0 Å². The van der Waals surface area contributed by atoms with Crippen LogP contribution < -0.4 is 5.73 Å². The number of hydrogen-bond donors (Lipinski definition) is 2. The van der Waals surface area contributed by atoms with E-state index in [0.29, 0.717) is 5.25 Å². The fourth-order valence-electron chi connectivity index (χ4n) is 2.05. The van der Waals surface area contributed by atoms with Crippen molar-refractivity contribution in [2.75, 3.05) is 12.3 Å². The van der Waals surface area contributed by atoms with Gasteiger partial charge in [-0.05, 0) is 12.0 Å². The molecular weight excluding hydrogens is 274 g/mol. The van der Waals surface area contributed by atoms with Gasteiger partial charge in [0.2, 0.25) is 5.95 Å². The Balaban J connectivity index is 2.04. The Morgan fingerprint density at radius 2 is 2.35 bits per heavy atom. The number of aliphatic hydroxyl groups is 1. The summed E-state index contributed by atoms with van der Waals surface area (Å²) in [7, 11) is 0. The Morgan fingerprint density at radius 1 is 1.55 bits per heavy atom. The molecule has 1 fully saturated rings. The van der Waals surface area contributed by atoms with Crippen molar-refractivity contribution in [1.29, 1.82) is 0 Å². The number of aliphatic hydroxyl groups excluding tert-OH is 1. The maximum atomic E-state index is 9.09. The first-order valence-corrected chi connectivity index (χ1v) is 7.44. The van der Waals surface area contributed by atoms with Crippen LogP contribution in [-0.2, 0) is 0 Å². The molecule has 1 saturated carbocycles. The summed E-state index contributed by atoms with van der Waals surface area (Å²) in [6.45, 7) is 4.40. The van der Waals surface area contributed by atoms with Crippen LogP contribution in [0.5, 0.6) is 0 Å². The molecule has 2 heterocycles. The summed E-state index contributed by atoms with van der Waals surface area (Å²) in [6, 6.07) is 0. The molecule has 1 aliphatic rings. The second-order valence-corrected chi connectivity index (χ2v) is 6.73. The van der Waals surface area contributed by atoms with Crippen LogP contribution in [0.1, 0.15) is 20.3 Å². The molecule has 0 amide bonds. The molecule has 3 N–H and O–H groups in total. The zero-order chi connectivity index (χ0) is 14.3. The first-order chi connectivity index (χ1) is 9.58. The summed E-state index contributed by atoms with van der Waals surface area (Å²) in [5.74, 6) is 0.548. The van der Waals surface area contributed by atoms with Crippen LogP contribution in [0.3, 0.4) is 0 Å². The van der Waals surface area contributed by atoms with Gasteiger partial charge in [-0.15, -0.1) is 11.8 Å². The van der Waals surface area contributed by atoms with Crippen LogP contribution in [0, 0.1) is 5.92 Å². The summed E-state index contributed by atoms with van der Waals surface area (Å²) in [5, 5.41) is 10.3. The topological polar surface area (TPSA) is 89.9 Å². The van der Waals surface area contributed by atoms with Crippen molar-refractivity contribution in [3.63, 3.8) is 0 Å². The summed E-state index contributed by atoms with van der Waals surface area (Å²) in [6.07, 6.45) is 4.64. The third-order valence-electron chi connectivity index (χ3n) is 3.13. The molecule has 20 heavy (non-hydrogen) atoms. The van der Waals surface area contributed by atoms with Gasteiger partial charge in [-0.2, -0.15) is 4.98 Å². The molecular formula is C13H17N5OS. The number of imidazole rings is 1. The zero-order valence-corrected chi connectivity index (χ0v) is 12.3. The second-order valence-electron chi connectivity index (χ2n) is 5.17. The van der Waals surface area contributed by atoms with Crippen molar-refractivity contribution in [3.8, 4) is 0 Å². The molecule has 0 bridgehead atoms. The number of nitrogens with zero attached hydrogens (tertiary/aromatic N) is 4. The van der Waals surface area contributed by atoms with Crippen LogP contribution in [0.25, 0.3) is 17.4 Å². The molecule has 3 rings (SSSR count). The molecule has 1 atom stereocenters. The highest BCUT2D eigenvalue weighted by Crippen LogP contribution is 2.38. The van der Waals surface area contributed by atoms with Crippen LogP contribution in [0.15, 0.2) is 16.9 Å². The van der Waals surface area contributed by atoms with Crippen molar-refractivity contribution >= 4 is 35.1 Å². The number of rotatable bonds is 4. The number of anilines is 1. The van der Waals surface area contributed by atoms with Gasteiger partial charge in [0.25, 0.3) is 0 Å². The van der Waals surface area contributed by atoms with Crippen molar-refractivity contribution in [1.82, 2.24) is 19.5 Å². The van der Waals surface area contributed by atoms with E-state index in [9.17, 15) is 0 Å². The van der Waals surface area contributed by atoms with Crippen molar-refractivity contribution in [3.05, 3.63) is 11.9 Å². The van der Waals surface area contributed by atoms with Gasteiger partial charge in [-0.3, -0.25) is 4.57 Å². The summed E-state index contributed by atoms with van der Waals surface area (Å²) in [5.41, 5.74) is 8.49. The minimum absolute atomic E-state index is 0.198. The Hall–Kier alpha value is -1.60. The number of nitrogen functional groups attached to an aromatic ring is 1. The van der Waals surface area contributed by atoms with Gasteiger partial charge in [0, 0.05) is 24.0 Å². The average Bonchev–Trinajstić information content (AvgIpc) is 3.01. The Morgan fingerprint density at radius 3 is 3.00 bits per heavy atom. The van der Waals surface area contributed by atoms with E-state index in [2.05, 4.69) is 28.8 Å². The van der Waals surface area contributed by atoms with Gasteiger partial charge in [-0.25, -0.2) is 9.97 Å². The molecule has 2 aromatic heterocycles. The van der Waals surface area contributed by atoms with Crippen molar-refractivity contribution in [2.45, 2.75) is 30.5 Å². The van der Waals surface area contributed by atoms with Crippen LogP contribution >= 0.6 is 11.8 Å². The fraction of sp³-hybridized carbons (Fsp3) is 0.462. The van der Waals surface area contributed by atoms with Crippen molar-refractivity contribution < 1.29 is 5.11 Å². The number of fused-ring (bicyclic) bond motifs is 1. The number of nitrogens with two attached hydrogens (primary N) is 1. The minimum atomic E-state index is 0.198. The smallest absolute Gasteiger partial charge is 0.223 e. The van der Waals surface area contributed by atoms with Gasteiger partial charge >= 0.3 is 0 Å². The predicted octanol–water partition coefficient (Wildman–Crippen LogP) is 1.76. The Bertz CT molecular complexity index is 679. The third-order valence-corrected chi connectivity index (χ3v) is 4.11. The molecule has 106 valence electrons. The highest BCUT2D eigenvalue weighted by molar-refractivity contribution is 8.00. The lowest BCUT2D eigenvalue weighted by molar-refractivity contribution is 0.281. The highest BCUT2D eigenvalue weighted by atomic mass is 32.2. The molecule has 0 spiro atoms. The SMILES string of the molecule is CC(C)Sc1nc(N)nc2c1ncn2/C=C1/C[C@@H]1CO. The quantitative estimate of drug-likeness (QED) is 0.659. The molecule has 0 aromatic carbocycles. The standard InChI is InChI=1S/C13H17N5OS/c1-7(2)20-12-10-11(16-13(14)17-12)18(6-15-10)4-8-3-9(8)5-19/h4,6-7,9,19H,3,5H2,1-2H3,(H2,14,16,17)/b8-4-/t9-/m1/s1. The van der Waals surface area contributed by atoms with E-state index >= 15 is 0 Å². The Kier molecular flexibility index (Phi) is 3.39. The lowest BCUT2D eigenvalue weighted by atomic mass is 10.4. The number of hydrogen-bond acceptors (Lipinski definition) is 6. The molecule has 0 saturated heterocycles. The highest BCUT2D eigenvalue weighted by Gasteiger charge is 2.29. The summed E-state index contributed by atoms with van der Waals surface area (Å²) in [4.78, 5) is 13.0. The van der Waals surface area contributed by atoms with Crippen LogP contribution in [-0.4, -0.2) is 36.5 Å². The molecule has 6 nitrogen and oxygen atoms in total. The largest absolute Gasteiger partial charge is 0.396 e. The average molecular weight is 291 g/mol. The predicted molar refractivity (Wildman–Crippen MR) is 80.2 cm³/mol. The molecule has 0 aliphatic heterocycles. The lowest BCUT2D eigenvalue weighted by Crippen LogP contribution is -2.00. The van der Waals surface area contributed by atoms with E-state index in [-0.39, 0.29) is 18.5 Å². The molecule has 2 aromatic rings. The maximum absolute atomic E-state index is 9.09. The molecule has 1 aliphatic carbocycles. The van der Waals surface area contributed by atoms with Gasteiger partial charge in [0.1, 0.15) is 16.9 Å². The van der Waals surface area contributed by atoms with Gasteiger partial charge in [-0.1, -0.05) is 13.8 Å². The van der Waals surface area contributed by atoms with E-state index < -0.39 is 0 Å². The lowest BCUT2D eigenvalue weighted by Gasteiger charge is -2.05. The van der Waals surface area contributed by atoms with Gasteiger partial charge in [0.05, 0.1) is 0 Å². The van der Waals surface area contributed by atoms with E-state index in [1.165, 1.54) is 5.57 Å². The normalized spacial score (nSPS) is 20.2. The maximum Gasteiger partial charge on any atom is 0.223 e. The summed E-state index contributed by atoms with van der Waals surface area (Å²) >= 11 is 1.63. The van der Waals surface area contributed by atoms with Crippen molar-refractivity contribution in [2.24, 2.45) is 5.92 Å². The monoisotopic (exact) mass is 291 g/mol. The molecule has 0 radical (unpaired) electrons. The second kappa shape index (κ2) is 5.06. The van der Waals surface area contributed by atoms with Gasteiger partial charge < -0.3 is 10.8 Å². The molecule has 0 unspecified atom stereocenters. The summed E-state index contributed by atoms with van der Waals surface area (Å²) < 4.78 is 1.86. The first kappa shape index (κ1) is 13.4. The van der Waals surface area contributed by atoms with E-state index in [1.807, 2.05) is 10.8 Å².